The van der Waals surface area contributed by atoms with E-state index in [1.54, 1.807) is 6.07 Å². The molecule has 0 N–H and O–H groups in total. The highest BCUT2D eigenvalue weighted by atomic mass is 31.3. The molecule has 198 valence electrons. The highest BCUT2D eigenvalue weighted by Crippen LogP contribution is 2.68. The van der Waals surface area contributed by atoms with Crippen molar-refractivity contribution in [3.05, 3.63) is 28.8 Å². The zero-order valence-corrected chi connectivity index (χ0v) is 23.2. The lowest BCUT2D eigenvalue weighted by Crippen LogP contribution is -2.55. The van der Waals surface area contributed by atoms with E-state index in [1.807, 2.05) is 6.92 Å². The summed E-state index contributed by atoms with van der Waals surface area (Å²) in [6.07, 6.45) is 6.42. The average Bonchev–Trinajstić information content (AvgIpc) is 2.91. The van der Waals surface area contributed by atoms with Crippen molar-refractivity contribution >= 4 is 23.5 Å². The van der Waals surface area contributed by atoms with Gasteiger partial charge in [-0.25, -0.2) is 4.31 Å². The smallest absolute Gasteiger partial charge is 0.326 e. The van der Waals surface area contributed by atoms with Gasteiger partial charge in [-0.1, -0.05) is 34.1 Å². The van der Waals surface area contributed by atoms with Crippen LogP contribution < -0.4 is 24.1 Å². The Morgan fingerprint density at radius 1 is 0.886 bits per heavy atom. The van der Waals surface area contributed by atoms with E-state index in [0.717, 1.165) is 36.8 Å². The van der Waals surface area contributed by atoms with Crippen molar-refractivity contribution in [3.8, 4) is 5.75 Å². The number of hydrogen-bond acceptors (Lipinski definition) is 10. The highest BCUT2D eigenvalue weighted by molar-refractivity contribution is 7.65. The van der Waals surface area contributed by atoms with E-state index >= 15 is 0 Å². The average molecular weight is 548 g/mol. The van der Waals surface area contributed by atoms with Gasteiger partial charge in [0.2, 0.25) is 0 Å². The van der Waals surface area contributed by atoms with Crippen LogP contribution in [0.3, 0.4) is 0 Å². The van der Waals surface area contributed by atoms with Gasteiger partial charge >= 0.3 is 7.82 Å². The minimum absolute atomic E-state index is 0.0732. The lowest BCUT2D eigenvalue weighted by atomic mass is 9.43. The second kappa shape index (κ2) is 8.49. The van der Waals surface area contributed by atoms with Crippen LogP contribution in [-0.2, 0) is 34.2 Å². The van der Waals surface area contributed by atoms with Crippen LogP contribution in [0.4, 0.5) is 0 Å². The molecule has 2 fully saturated rings. The maximum absolute atomic E-state index is 12.2. The second-order valence-electron chi connectivity index (χ2n) is 11.5. The normalized spacial score (nSPS) is 35.2. The van der Waals surface area contributed by atoms with Crippen molar-refractivity contribution < 1.29 is 46.4 Å². The molecule has 0 aromatic heterocycles. The molecule has 0 spiro atoms. The molecule has 10 nitrogen and oxygen atoms in total. The summed E-state index contributed by atoms with van der Waals surface area (Å²) in [5.74, 6) is 0.803. The molecule has 2 saturated carbocycles. The molecular formula is C22H31O10P3-4. The van der Waals surface area contributed by atoms with Crippen molar-refractivity contribution in [1.29, 1.82) is 0 Å². The van der Waals surface area contributed by atoms with Gasteiger partial charge in [0.15, 0.2) is 0 Å². The van der Waals surface area contributed by atoms with Gasteiger partial charge in [-0.15, -0.1) is 0 Å². The van der Waals surface area contributed by atoms with Crippen LogP contribution in [-0.4, -0.2) is 0 Å². The van der Waals surface area contributed by atoms with Gasteiger partial charge in [0.1, 0.15) is 5.75 Å². The van der Waals surface area contributed by atoms with Crippen LogP contribution in [0.25, 0.3) is 0 Å². The van der Waals surface area contributed by atoms with E-state index in [-0.39, 0.29) is 22.0 Å². The predicted octanol–water partition coefficient (Wildman–Crippen LogP) is 3.23. The van der Waals surface area contributed by atoms with Gasteiger partial charge in [0.25, 0.3) is 7.82 Å². The standard InChI is InChI=1S/C22H35O10P3/c1-14-11-16(30-34(26,27)32-35(28,29)31-33(23,24)25)12-15-13-18-21(4)9-6-8-20(2,3)17(21)7-10-22(18,5)19(14)15/h11-12,17-18H,6-10,13H2,1-5H3,(H,26,27)(H,28,29)(H2,23,24,25)/p-4/t17-,18+,21-,22+/m0/s1. The fourth-order valence-corrected chi connectivity index (χ4v) is 10.7. The summed E-state index contributed by atoms with van der Waals surface area (Å²) in [4.78, 5) is 44.8. The molecule has 0 radical (unpaired) electrons. The number of hydrogen-bond donors (Lipinski definition) is 0. The number of benzene rings is 1. The topological polar surface area (TPSA) is 171 Å². The molecule has 6 atom stereocenters. The molecule has 0 bridgehead atoms. The second-order valence-corrected chi connectivity index (χ2v) is 15.7. The van der Waals surface area contributed by atoms with Gasteiger partial charge in [0, 0.05) is 0 Å². The maximum Gasteiger partial charge on any atom is 0.326 e. The summed E-state index contributed by atoms with van der Waals surface area (Å²) >= 11 is 0. The van der Waals surface area contributed by atoms with E-state index in [4.69, 9.17) is 4.52 Å². The Bertz CT molecular complexity index is 1180. The molecule has 0 amide bonds. The minimum atomic E-state index is -6.04. The largest absolute Gasteiger partial charge is 0.790 e. The number of fused-ring (bicyclic) bond motifs is 5. The molecule has 4 rings (SSSR count). The molecule has 0 aliphatic heterocycles. The van der Waals surface area contributed by atoms with Gasteiger partial charge in [-0.2, -0.15) is 0 Å². The fraction of sp³-hybridized carbons (Fsp3) is 0.727. The fourth-order valence-electron chi connectivity index (χ4n) is 7.89. The Morgan fingerprint density at radius 2 is 1.54 bits per heavy atom. The summed E-state index contributed by atoms with van der Waals surface area (Å²) in [6, 6.07) is 3.08. The molecule has 35 heavy (non-hydrogen) atoms. The van der Waals surface area contributed by atoms with Crippen LogP contribution in [0.2, 0.25) is 0 Å². The maximum atomic E-state index is 12.2. The van der Waals surface area contributed by atoms with Crippen LogP contribution in [0, 0.1) is 29.6 Å². The van der Waals surface area contributed by atoms with Crippen LogP contribution >= 0.6 is 23.5 Å². The van der Waals surface area contributed by atoms with Gasteiger partial charge in [-0.05, 0) is 95.9 Å². The zero-order chi connectivity index (χ0) is 26.2. The summed E-state index contributed by atoms with van der Waals surface area (Å²) in [5.41, 5.74) is 3.26. The van der Waals surface area contributed by atoms with Crippen molar-refractivity contribution in [3.63, 3.8) is 0 Å². The number of phosphoric ester groups is 1. The summed E-state index contributed by atoms with van der Waals surface area (Å²) < 4.78 is 46.1. The third kappa shape index (κ3) is 5.12. The van der Waals surface area contributed by atoms with E-state index in [0.29, 0.717) is 11.8 Å². The van der Waals surface area contributed by atoms with Gasteiger partial charge in [0.05, 0.1) is 7.82 Å². The SMILES string of the molecule is Cc1cc(OP(=O)([O-])OP(=O)([O-])OP(=O)([O-])[O-])cc2c1[C@]1(C)CC[C@H]3C(C)(C)CCC[C@]3(C)[C@H]1C2. The number of rotatable bonds is 6. The third-order valence-corrected chi connectivity index (χ3v) is 12.4. The van der Waals surface area contributed by atoms with Crippen LogP contribution in [0.5, 0.6) is 5.75 Å². The molecule has 0 saturated heterocycles. The quantitative estimate of drug-likeness (QED) is 0.481. The summed E-state index contributed by atoms with van der Waals surface area (Å²) in [6.45, 7) is 11.3. The molecule has 3 aliphatic carbocycles. The van der Waals surface area contributed by atoms with Crippen LogP contribution in [0.15, 0.2) is 12.1 Å². The van der Waals surface area contributed by atoms with Crippen LogP contribution in [0.1, 0.15) is 76.5 Å². The first-order valence-electron chi connectivity index (χ1n) is 11.7. The van der Waals surface area contributed by atoms with Gasteiger partial charge < -0.3 is 28.7 Å². The third-order valence-electron chi connectivity index (χ3n) is 8.80. The predicted molar refractivity (Wildman–Crippen MR) is 120 cm³/mol. The first-order valence-corrected chi connectivity index (χ1v) is 16.1. The lowest BCUT2D eigenvalue weighted by Gasteiger charge is -2.61. The molecule has 0 heterocycles. The van der Waals surface area contributed by atoms with Crippen molar-refractivity contribution in [2.24, 2.45) is 22.7 Å². The lowest BCUT2D eigenvalue weighted by molar-refractivity contribution is -0.339. The van der Waals surface area contributed by atoms with E-state index in [1.165, 1.54) is 24.5 Å². The first kappa shape index (κ1) is 27.5. The molecule has 3 aliphatic rings. The Balaban J connectivity index is 1.63. The monoisotopic (exact) mass is 548 g/mol. The van der Waals surface area contributed by atoms with E-state index in [2.05, 4.69) is 36.3 Å². The van der Waals surface area contributed by atoms with Crippen molar-refractivity contribution in [1.82, 2.24) is 0 Å². The summed E-state index contributed by atoms with van der Waals surface area (Å²) in [7, 11) is -17.7. The number of aryl methyl sites for hydroxylation is 1. The highest BCUT2D eigenvalue weighted by Gasteiger charge is 2.61. The molecule has 1 aromatic carbocycles. The summed E-state index contributed by atoms with van der Waals surface area (Å²) in [5, 5.41) is 0. The Morgan fingerprint density at radius 3 is 2.17 bits per heavy atom. The Kier molecular flexibility index (Phi) is 6.67. The first-order chi connectivity index (χ1) is 15.8. The molecule has 1 aromatic rings. The molecule has 13 heteroatoms. The van der Waals surface area contributed by atoms with Crippen molar-refractivity contribution in [2.75, 3.05) is 0 Å². The van der Waals surface area contributed by atoms with Gasteiger partial charge in [-0.3, -0.25) is 13.4 Å². The minimum Gasteiger partial charge on any atom is -0.790 e. The van der Waals surface area contributed by atoms with Crippen molar-refractivity contribution in [2.45, 2.75) is 78.6 Å². The molecular weight excluding hydrogens is 517 g/mol. The zero-order valence-electron chi connectivity index (χ0n) is 20.5. The van der Waals surface area contributed by atoms with E-state index in [9.17, 15) is 33.3 Å². The van der Waals surface area contributed by atoms with E-state index < -0.39 is 23.5 Å². The Labute approximate surface area is 205 Å². The Hall–Kier alpha value is -0.530. The number of phosphoric acid groups is 3. The molecule has 2 unspecified atom stereocenters.